The van der Waals surface area contributed by atoms with E-state index >= 15 is 0 Å². The Morgan fingerprint density at radius 1 is 1.47 bits per heavy atom. The fraction of sp³-hybridized carbons (Fsp3) is 0.818. The average Bonchev–Trinajstić information content (AvgIpc) is 2.79. The quantitative estimate of drug-likeness (QED) is 0.684. The minimum Gasteiger partial charge on any atom is -0.481 e. The second-order valence-corrected chi connectivity index (χ2v) is 4.56. The molecule has 0 bridgehead atoms. The summed E-state index contributed by atoms with van der Waals surface area (Å²) in [6.45, 7) is 3.05. The molecule has 2 aliphatic heterocycles. The smallest absolute Gasteiger partial charge is 0.308 e. The lowest BCUT2D eigenvalue weighted by atomic mass is 10.1. The summed E-state index contributed by atoms with van der Waals surface area (Å²) < 4.78 is 5.46. The van der Waals surface area contributed by atoms with Gasteiger partial charge in [-0.2, -0.15) is 0 Å². The summed E-state index contributed by atoms with van der Waals surface area (Å²) >= 11 is 0. The van der Waals surface area contributed by atoms with Crippen LogP contribution in [-0.2, 0) is 14.3 Å². The lowest BCUT2D eigenvalue weighted by molar-refractivity contribution is -0.141. The van der Waals surface area contributed by atoms with Gasteiger partial charge in [0.2, 0.25) is 5.91 Å². The molecule has 6 heteroatoms. The van der Waals surface area contributed by atoms with Gasteiger partial charge >= 0.3 is 5.97 Å². The Bertz CT molecular complexity index is 302. The van der Waals surface area contributed by atoms with Crippen molar-refractivity contribution >= 4 is 11.9 Å². The first-order valence-corrected chi connectivity index (χ1v) is 5.99. The average molecular weight is 242 g/mol. The topological polar surface area (TPSA) is 78.9 Å². The fourth-order valence-electron chi connectivity index (χ4n) is 2.26. The number of aliphatic carboxylic acids is 1. The molecule has 6 nitrogen and oxygen atoms in total. The van der Waals surface area contributed by atoms with Crippen LogP contribution in [-0.4, -0.2) is 60.8 Å². The highest BCUT2D eigenvalue weighted by atomic mass is 16.5. The molecule has 0 aromatic carbocycles. The van der Waals surface area contributed by atoms with E-state index in [4.69, 9.17) is 9.84 Å². The Morgan fingerprint density at radius 2 is 2.29 bits per heavy atom. The van der Waals surface area contributed by atoms with Crippen LogP contribution in [0.25, 0.3) is 0 Å². The number of hydrogen-bond acceptors (Lipinski definition) is 4. The van der Waals surface area contributed by atoms with Gasteiger partial charge in [0.05, 0.1) is 25.0 Å². The molecule has 2 rings (SSSR count). The van der Waals surface area contributed by atoms with Gasteiger partial charge in [-0.15, -0.1) is 0 Å². The van der Waals surface area contributed by atoms with Crippen LogP contribution in [0, 0.1) is 5.92 Å². The Kier molecular flexibility index (Phi) is 3.96. The van der Waals surface area contributed by atoms with Crippen LogP contribution in [0.4, 0.5) is 0 Å². The highest BCUT2D eigenvalue weighted by Crippen LogP contribution is 2.18. The summed E-state index contributed by atoms with van der Waals surface area (Å²) in [5.41, 5.74) is 0. The Hall–Kier alpha value is -1.14. The molecule has 2 fully saturated rings. The van der Waals surface area contributed by atoms with E-state index in [0.29, 0.717) is 39.1 Å². The molecule has 0 radical (unpaired) electrons. The van der Waals surface area contributed by atoms with Crippen molar-refractivity contribution in [3.05, 3.63) is 0 Å². The number of nitrogens with zero attached hydrogens (tertiary/aromatic N) is 1. The molecule has 1 amide bonds. The SMILES string of the molecule is O=C(O)C1CCN(C(=O)CC2CNCCO2)C1. The van der Waals surface area contributed by atoms with Crippen molar-refractivity contribution in [3.8, 4) is 0 Å². The van der Waals surface area contributed by atoms with E-state index in [0.717, 1.165) is 6.54 Å². The van der Waals surface area contributed by atoms with E-state index in [2.05, 4.69) is 5.32 Å². The minimum atomic E-state index is -0.809. The van der Waals surface area contributed by atoms with Crippen LogP contribution in [0.3, 0.4) is 0 Å². The van der Waals surface area contributed by atoms with Gasteiger partial charge in [-0.1, -0.05) is 0 Å². The molecule has 0 spiro atoms. The number of morpholine rings is 1. The highest BCUT2D eigenvalue weighted by molar-refractivity contribution is 5.79. The zero-order valence-corrected chi connectivity index (χ0v) is 9.72. The number of hydrogen-bond donors (Lipinski definition) is 2. The van der Waals surface area contributed by atoms with Crippen molar-refractivity contribution < 1.29 is 19.4 Å². The third-order valence-electron chi connectivity index (χ3n) is 3.30. The molecule has 96 valence electrons. The van der Waals surface area contributed by atoms with E-state index in [1.807, 2.05) is 0 Å². The van der Waals surface area contributed by atoms with Crippen LogP contribution < -0.4 is 5.32 Å². The summed E-state index contributed by atoms with van der Waals surface area (Å²) in [5, 5.41) is 12.0. The van der Waals surface area contributed by atoms with Gasteiger partial charge in [-0.3, -0.25) is 9.59 Å². The van der Waals surface area contributed by atoms with Crippen LogP contribution in [0.5, 0.6) is 0 Å². The van der Waals surface area contributed by atoms with Gasteiger partial charge in [0.15, 0.2) is 0 Å². The number of ether oxygens (including phenoxy) is 1. The van der Waals surface area contributed by atoms with Crippen molar-refractivity contribution in [2.75, 3.05) is 32.8 Å². The first-order chi connectivity index (χ1) is 8.16. The number of carboxylic acids is 1. The maximum atomic E-state index is 11.9. The number of carbonyl (C=O) groups excluding carboxylic acids is 1. The van der Waals surface area contributed by atoms with Crippen molar-refractivity contribution in [1.82, 2.24) is 10.2 Å². The first kappa shape index (κ1) is 12.3. The number of rotatable bonds is 3. The van der Waals surface area contributed by atoms with Crippen molar-refractivity contribution in [2.45, 2.75) is 18.9 Å². The van der Waals surface area contributed by atoms with Crippen molar-refractivity contribution in [3.63, 3.8) is 0 Å². The molecule has 2 unspecified atom stereocenters. The second kappa shape index (κ2) is 5.46. The predicted molar refractivity (Wildman–Crippen MR) is 59.5 cm³/mol. The number of amides is 1. The largest absolute Gasteiger partial charge is 0.481 e. The highest BCUT2D eigenvalue weighted by Gasteiger charge is 2.31. The van der Waals surface area contributed by atoms with Gasteiger partial charge in [-0.25, -0.2) is 0 Å². The lowest BCUT2D eigenvalue weighted by Gasteiger charge is -2.25. The Balaban J connectivity index is 1.78. The summed E-state index contributed by atoms with van der Waals surface area (Å²) in [6.07, 6.45) is 0.838. The first-order valence-electron chi connectivity index (χ1n) is 5.99. The summed E-state index contributed by atoms with van der Waals surface area (Å²) in [7, 11) is 0. The molecule has 2 atom stereocenters. The second-order valence-electron chi connectivity index (χ2n) is 4.56. The van der Waals surface area contributed by atoms with Crippen LogP contribution in [0.15, 0.2) is 0 Å². The minimum absolute atomic E-state index is 0.00227. The Morgan fingerprint density at radius 3 is 2.88 bits per heavy atom. The molecule has 2 aliphatic rings. The van der Waals surface area contributed by atoms with Crippen LogP contribution >= 0.6 is 0 Å². The van der Waals surface area contributed by atoms with Gasteiger partial charge in [0.1, 0.15) is 0 Å². The van der Waals surface area contributed by atoms with Gasteiger partial charge < -0.3 is 20.1 Å². The van der Waals surface area contributed by atoms with E-state index in [-0.39, 0.29) is 12.0 Å². The monoisotopic (exact) mass is 242 g/mol. The maximum absolute atomic E-state index is 11.9. The number of carbonyl (C=O) groups is 2. The molecular weight excluding hydrogens is 224 g/mol. The van der Waals surface area contributed by atoms with Gasteiger partial charge in [0, 0.05) is 26.2 Å². The lowest BCUT2D eigenvalue weighted by Crippen LogP contribution is -2.42. The van der Waals surface area contributed by atoms with Gasteiger partial charge in [-0.05, 0) is 6.42 Å². The standard InChI is InChI=1S/C11H18N2O4/c14-10(5-9-6-12-2-4-17-9)13-3-1-8(7-13)11(15)16/h8-9,12H,1-7H2,(H,15,16). The maximum Gasteiger partial charge on any atom is 0.308 e. The van der Waals surface area contributed by atoms with E-state index < -0.39 is 11.9 Å². The number of likely N-dealkylation sites (tertiary alicyclic amines) is 1. The zero-order chi connectivity index (χ0) is 12.3. The van der Waals surface area contributed by atoms with Crippen molar-refractivity contribution in [1.29, 1.82) is 0 Å². The van der Waals surface area contributed by atoms with Gasteiger partial charge in [0.25, 0.3) is 0 Å². The molecule has 0 aromatic heterocycles. The number of carboxylic acid groups (broad SMARTS) is 1. The van der Waals surface area contributed by atoms with E-state index in [9.17, 15) is 9.59 Å². The zero-order valence-electron chi connectivity index (χ0n) is 9.72. The van der Waals surface area contributed by atoms with E-state index in [1.165, 1.54) is 0 Å². The molecular formula is C11H18N2O4. The fourth-order valence-corrected chi connectivity index (χ4v) is 2.26. The number of nitrogens with one attached hydrogen (secondary N) is 1. The molecule has 2 N–H and O–H groups in total. The normalized spacial score (nSPS) is 29.3. The molecule has 0 saturated carbocycles. The van der Waals surface area contributed by atoms with Crippen LogP contribution in [0.1, 0.15) is 12.8 Å². The summed E-state index contributed by atoms with van der Waals surface area (Å²) in [5.74, 6) is -1.21. The predicted octanol–water partition coefficient (Wildman–Crippen LogP) is -0.702. The molecule has 0 aromatic rings. The molecule has 0 aliphatic carbocycles. The summed E-state index contributed by atoms with van der Waals surface area (Å²) in [6, 6.07) is 0. The van der Waals surface area contributed by atoms with Crippen molar-refractivity contribution in [2.24, 2.45) is 5.92 Å². The van der Waals surface area contributed by atoms with Crippen LogP contribution in [0.2, 0.25) is 0 Å². The third kappa shape index (κ3) is 3.17. The molecule has 2 saturated heterocycles. The summed E-state index contributed by atoms with van der Waals surface area (Å²) in [4.78, 5) is 24.3. The third-order valence-corrected chi connectivity index (χ3v) is 3.30. The van der Waals surface area contributed by atoms with E-state index in [1.54, 1.807) is 4.90 Å². The molecule has 2 heterocycles. The Labute approximate surface area is 99.9 Å². The molecule has 17 heavy (non-hydrogen) atoms.